The molecule has 4 nitrogen and oxygen atoms in total. The second-order valence-electron chi connectivity index (χ2n) is 3.45. The smallest absolute Gasteiger partial charge is 0.180 e. The standard InChI is InChI=1S/C13H12N2O2/c1-2-13(16)12-6-5-11(9-15-12)17-10-4-3-7-14-8-10/h3-9H,2H2,1H3. The van der Waals surface area contributed by atoms with E-state index in [0.29, 0.717) is 23.6 Å². The fraction of sp³-hybridized carbons (Fsp3) is 0.154. The summed E-state index contributed by atoms with van der Waals surface area (Å²) in [5.41, 5.74) is 0.464. The zero-order valence-corrected chi connectivity index (χ0v) is 9.46. The minimum atomic E-state index is 0.0259. The molecule has 0 saturated heterocycles. The van der Waals surface area contributed by atoms with Gasteiger partial charge in [-0.15, -0.1) is 0 Å². The molecule has 0 saturated carbocycles. The van der Waals surface area contributed by atoms with E-state index in [1.165, 1.54) is 6.20 Å². The normalized spacial score (nSPS) is 9.94. The molecule has 4 heteroatoms. The number of ether oxygens (including phenoxy) is 1. The van der Waals surface area contributed by atoms with Crippen molar-refractivity contribution in [3.63, 3.8) is 0 Å². The van der Waals surface area contributed by atoms with E-state index in [1.807, 2.05) is 6.92 Å². The maximum Gasteiger partial charge on any atom is 0.180 e. The number of aromatic nitrogens is 2. The minimum Gasteiger partial charge on any atom is -0.454 e. The third-order valence-electron chi connectivity index (χ3n) is 2.21. The first-order valence-corrected chi connectivity index (χ1v) is 5.36. The summed E-state index contributed by atoms with van der Waals surface area (Å²) < 4.78 is 5.51. The zero-order valence-electron chi connectivity index (χ0n) is 9.46. The monoisotopic (exact) mass is 228 g/mol. The Labute approximate surface area is 99.3 Å². The van der Waals surface area contributed by atoms with Crippen LogP contribution in [0.1, 0.15) is 23.8 Å². The van der Waals surface area contributed by atoms with Gasteiger partial charge in [-0.1, -0.05) is 6.92 Å². The molecular formula is C13H12N2O2. The van der Waals surface area contributed by atoms with Gasteiger partial charge in [0, 0.05) is 12.6 Å². The van der Waals surface area contributed by atoms with Crippen molar-refractivity contribution in [2.45, 2.75) is 13.3 Å². The molecule has 2 heterocycles. The third kappa shape index (κ3) is 2.87. The molecule has 0 unspecified atom stereocenters. The highest BCUT2D eigenvalue weighted by molar-refractivity contribution is 5.93. The molecule has 0 aromatic carbocycles. The van der Waals surface area contributed by atoms with Crippen LogP contribution in [0.5, 0.6) is 11.5 Å². The van der Waals surface area contributed by atoms with Gasteiger partial charge in [0.15, 0.2) is 5.78 Å². The number of hydrogen-bond donors (Lipinski definition) is 0. The summed E-state index contributed by atoms with van der Waals surface area (Å²) in [7, 11) is 0. The van der Waals surface area contributed by atoms with E-state index in [2.05, 4.69) is 9.97 Å². The summed E-state index contributed by atoms with van der Waals surface area (Å²) in [4.78, 5) is 19.4. The molecule has 0 spiro atoms. The summed E-state index contributed by atoms with van der Waals surface area (Å²) in [5, 5.41) is 0. The number of carbonyl (C=O) groups excluding carboxylic acids is 1. The zero-order chi connectivity index (χ0) is 12.1. The van der Waals surface area contributed by atoms with Crippen LogP contribution in [0.4, 0.5) is 0 Å². The van der Waals surface area contributed by atoms with Crippen molar-refractivity contribution < 1.29 is 9.53 Å². The largest absolute Gasteiger partial charge is 0.454 e. The first-order chi connectivity index (χ1) is 8.29. The average Bonchev–Trinajstić information content (AvgIpc) is 2.40. The van der Waals surface area contributed by atoms with Crippen LogP contribution in [0.3, 0.4) is 0 Å². The average molecular weight is 228 g/mol. The molecule has 0 N–H and O–H groups in total. The number of hydrogen-bond acceptors (Lipinski definition) is 4. The molecule has 0 radical (unpaired) electrons. The van der Waals surface area contributed by atoms with Gasteiger partial charge in [-0.3, -0.25) is 9.78 Å². The third-order valence-corrected chi connectivity index (χ3v) is 2.21. The Morgan fingerprint density at radius 1 is 1.24 bits per heavy atom. The Balaban J connectivity index is 2.11. The fourth-order valence-electron chi connectivity index (χ4n) is 1.33. The summed E-state index contributed by atoms with van der Waals surface area (Å²) in [5.74, 6) is 1.26. The van der Waals surface area contributed by atoms with Crippen LogP contribution in [-0.2, 0) is 0 Å². The molecule has 0 bridgehead atoms. The Bertz CT molecular complexity index is 495. The van der Waals surface area contributed by atoms with Gasteiger partial charge in [-0.05, 0) is 24.3 Å². The van der Waals surface area contributed by atoms with E-state index in [-0.39, 0.29) is 5.78 Å². The molecule has 2 aromatic heterocycles. The van der Waals surface area contributed by atoms with Gasteiger partial charge in [0.25, 0.3) is 0 Å². The summed E-state index contributed by atoms with van der Waals surface area (Å²) in [6, 6.07) is 6.98. The molecule has 0 aliphatic heterocycles. The second-order valence-corrected chi connectivity index (χ2v) is 3.45. The van der Waals surface area contributed by atoms with Crippen LogP contribution in [0, 0.1) is 0 Å². The van der Waals surface area contributed by atoms with Gasteiger partial charge >= 0.3 is 0 Å². The summed E-state index contributed by atoms with van der Waals surface area (Å²) in [6.07, 6.45) is 5.28. The van der Waals surface area contributed by atoms with Crippen molar-refractivity contribution in [3.8, 4) is 11.5 Å². The summed E-state index contributed by atoms with van der Waals surface area (Å²) in [6.45, 7) is 1.81. The number of pyridine rings is 2. The predicted molar refractivity (Wildman–Crippen MR) is 63.2 cm³/mol. The van der Waals surface area contributed by atoms with E-state index in [1.54, 1.807) is 36.7 Å². The van der Waals surface area contributed by atoms with Crippen LogP contribution < -0.4 is 4.74 Å². The molecule has 0 aliphatic rings. The molecule has 2 rings (SSSR count). The van der Waals surface area contributed by atoms with Gasteiger partial charge in [0.05, 0.1) is 12.4 Å². The molecule has 0 fully saturated rings. The van der Waals surface area contributed by atoms with Crippen molar-refractivity contribution in [3.05, 3.63) is 48.5 Å². The van der Waals surface area contributed by atoms with E-state index >= 15 is 0 Å². The quantitative estimate of drug-likeness (QED) is 0.755. The van der Waals surface area contributed by atoms with Gasteiger partial charge in [-0.2, -0.15) is 0 Å². The lowest BCUT2D eigenvalue weighted by molar-refractivity contribution is 0.0983. The number of rotatable bonds is 4. The van der Waals surface area contributed by atoms with Gasteiger partial charge < -0.3 is 4.74 Å². The van der Waals surface area contributed by atoms with E-state index < -0.39 is 0 Å². The van der Waals surface area contributed by atoms with Crippen molar-refractivity contribution in [1.82, 2.24) is 9.97 Å². The molecule has 0 aliphatic carbocycles. The number of Topliss-reactive ketones (excluding diaryl/α,β-unsaturated/α-hetero) is 1. The molecule has 86 valence electrons. The van der Waals surface area contributed by atoms with Crippen molar-refractivity contribution in [2.24, 2.45) is 0 Å². The van der Waals surface area contributed by atoms with Crippen LogP contribution in [-0.4, -0.2) is 15.8 Å². The maximum atomic E-state index is 11.4. The fourth-order valence-corrected chi connectivity index (χ4v) is 1.33. The van der Waals surface area contributed by atoms with Crippen molar-refractivity contribution in [1.29, 1.82) is 0 Å². The molecule has 0 amide bonds. The first kappa shape index (κ1) is 11.3. The van der Waals surface area contributed by atoms with Crippen LogP contribution in [0.15, 0.2) is 42.9 Å². The highest BCUT2D eigenvalue weighted by Gasteiger charge is 2.04. The lowest BCUT2D eigenvalue weighted by Crippen LogP contribution is -1.99. The molecule has 2 aromatic rings. The topological polar surface area (TPSA) is 52.1 Å². The molecule has 0 atom stereocenters. The number of nitrogens with zero attached hydrogens (tertiary/aromatic N) is 2. The highest BCUT2D eigenvalue weighted by atomic mass is 16.5. The number of carbonyl (C=O) groups is 1. The first-order valence-electron chi connectivity index (χ1n) is 5.36. The van der Waals surface area contributed by atoms with Crippen LogP contribution >= 0.6 is 0 Å². The Kier molecular flexibility index (Phi) is 3.45. The SMILES string of the molecule is CCC(=O)c1ccc(Oc2cccnc2)cn1. The lowest BCUT2D eigenvalue weighted by atomic mass is 10.2. The van der Waals surface area contributed by atoms with Gasteiger partial charge in [0.2, 0.25) is 0 Å². The van der Waals surface area contributed by atoms with Crippen LogP contribution in [0.2, 0.25) is 0 Å². The molecule has 17 heavy (non-hydrogen) atoms. The minimum absolute atomic E-state index is 0.0259. The highest BCUT2D eigenvalue weighted by Crippen LogP contribution is 2.19. The van der Waals surface area contributed by atoms with E-state index in [0.717, 1.165) is 0 Å². The molecular weight excluding hydrogens is 216 g/mol. The van der Waals surface area contributed by atoms with Gasteiger partial charge in [0.1, 0.15) is 17.2 Å². The maximum absolute atomic E-state index is 11.4. The lowest BCUT2D eigenvalue weighted by Gasteiger charge is -2.04. The predicted octanol–water partition coefficient (Wildman–Crippen LogP) is 2.86. The Morgan fingerprint density at radius 2 is 2.06 bits per heavy atom. The Morgan fingerprint density at radius 3 is 2.65 bits per heavy atom. The number of ketones is 1. The van der Waals surface area contributed by atoms with Gasteiger partial charge in [-0.25, -0.2) is 4.98 Å². The van der Waals surface area contributed by atoms with Crippen LogP contribution in [0.25, 0.3) is 0 Å². The summed E-state index contributed by atoms with van der Waals surface area (Å²) >= 11 is 0. The van der Waals surface area contributed by atoms with E-state index in [9.17, 15) is 4.79 Å². The second kappa shape index (κ2) is 5.21. The Hall–Kier alpha value is -2.23. The van der Waals surface area contributed by atoms with Crippen molar-refractivity contribution in [2.75, 3.05) is 0 Å². The van der Waals surface area contributed by atoms with Crippen molar-refractivity contribution >= 4 is 5.78 Å². The van der Waals surface area contributed by atoms with E-state index in [4.69, 9.17) is 4.74 Å².